The second-order valence-corrected chi connectivity index (χ2v) is 8.61. The van der Waals surface area contributed by atoms with E-state index >= 15 is 0 Å². The second kappa shape index (κ2) is 8.85. The number of imide groups is 1. The molecule has 3 rings (SSSR count). The molecule has 0 saturated carbocycles. The van der Waals surface area contributed by atoms with E-state index in [1.54, 1.807) is 34.1 Å². The second-order valence-electron chi connectivity index (χ2n) is 8.61. The number of nitrogens with zero attached hydrogens (tertiary/aromatic N) is 3. The van der Waals surface area contributed by atoms with Crippen molar-refractivity contribution in [2.75, 3.05) is 32.7 Å². The first-order valence-corrected chi connectivity index (χ1v) is 10.4. The van der Waals surface area contributed by atoms with E-state index in [9.17, 15) is 19.2 Å². The average molecular weight is 415 g/mol. The minimum atomic E-state index is -0.553. The normalized spacial score (nSPS) is 17.1. The van der Waals surface area contributed by atoms with E-state index in [4.69, 9.17) is 4.74 Å². The first kappa shape index (κ1) is 21.8. The first-order valence-electron chi connectivity index (χ1n) is 10.4. The maximum Gasteiger partial charge on any atom is 0.410 e. The van der Waals surface area contributed by atoms with E-state index in [-0.39, 0.29) is 36.8 Å². The molecule has 0 aliphatic carbocycles. The lowest BCUT2D eigenvalue weighted by molar-refractivity contribution is -0.131. The molecule has 0 N–H and O–H groups in total. The van der Waals surface area contributed by atoms with Gasteiger partial charge in [-0.25, -0.2) is 4.79 Å². The Kier molecular flexibility index (Phi) is 6.43. The summed E-state index contributed by atoms with van der Waals surface area (Å²) in [5.74, 6) is -0.630. The van der Waals surface area contributed by atoms with E-state index in [1.807, 2.05) is 20.8 Å². The van der Waals surface area contributed by atoms with Crippen molar-refractivity contribution in [1.82, 2.24) is 14.7 Å². The molecule has 1 aromatic rings. The van der Waals surface area contributed by atoms with E-state index in [0.29, 0.717) is 50.1 Å². The van der Waals surface area contributed by atoms with Crippen LogP contribution in [0.5, 0.6) is 0 Å². The molecule has 1 saturated heterocycles. The summed E-state index contributed by atoms with van der Waals surface area (Å²) < 4.78 is 5.41. The SMILES string of the molecule is CC(C)(C)OC(=O)N1CCCN(C(=O)CCCN2C(=O)c3ccccc3C2=O)CC1. The zero-order valence-electron chi connectivity index (χ0n) is 17.8. The molecule has 0 unspecified atom stereocenters. The Balaban J connectivity index is 1.46. The third-order valence-corrected chi connectivity index (χ3v) is 5.15. The third-order valence-electron chi connectivity index (χ3n) is 5.15. The zero-order chi connectivity index (χ0) is 21.9. The summed E-state index contributed by atoms with van der Waals surface area (Å²) in [6.45, 7) is 7.70. The van der Waals surface area contributed by atoms with Crippen LogP contribution in [0.2, 0.25) is 0 Å². The van der Waals surface area contributed by atoms with Gasteiger partial charge in [-0.15, -0.1) is 0 Å². The number of hydrogen-bond donors (Lipinski definition) is 0. The molecule has 8 heteroatoms. The Bertz CT molecular complexity index is 810. The first-order chi connectivity index (χ1) is 14.2. The van der Waals surface area contributed by atoms with Gasteiger partial charge in [0.2, 0.25) is 5.91 Å². The molecule has 2 aliphatic rings. The highest BCUT2D eigenvalue weighted by Crippen LogP contribution is 2.22. The van der Waals surface area contributed by atoms with E-state index < -0.39 is 5.60 Å². The topological polar surface area (TPSA) is 87.2 Å². The fraction of sp³-hybridized carbons (Fsp3) is 0.545. The van der Waals surface area contributed by atoms with Crippen LogP contribution in [0.25, 0.3) is 0 Å². The molecule has 1 fully saturated rings. The molecule has 2 aliphatic heterocycles. The van der Waals surface area contributed by atoms with Crippen molar-refractivity contribution in [2.24, 2.45) is 0 Å². The fourth-order valence-electron chi connectivity index (χ4n) is 3.66. The number of ether oxygens (including phenoxy) is 1. The molecule has 0 aromatic heterocycles. The summed E-state index contributed by atoms with van der Waals surface area (Å²) in [6.07, 6.45) is 0.988. The smallest absolute Gasteiger partial charge is 0.410 e. The Morgan fingerprint density at radius 2 is 1.50 bits per heavy atom. The van der Waals surface area contributed by atoms with Crippen molar-refractivity contribution >= 4 is 23.8 Å². The third kappa shape index (κ3) is 4.98. The summed E-state index contributed by atoms with van der Waals surface area (Å²) in [5, 5.41) is 0. The summed E-state index contributed by atoms with van der Waals surface area (Å²) in [4.78, 5) is 54.2. The van der Waals surface area contributed by atoms with E-state index in [1.165, 1.54) is 4.90 Å². The lowest BCUT2D eigenvalue weighted by Crippen LogP contribution is -2.40. The van der Waals surface area contributed by atoms with Crippen molar-refractivity contribution in [1.29, 1.82) is 0 Å². The molecule has 8 nitrogen and oxygen atoms in total. The van der Waals surface area contributed by atoms with Gasteiger partial charge in [-0.2, -0.15) is 0 Å². The van der Waals surface area contributed by atoms with Crippen LogP contribution in [0.4, 0.5) is 4.79 Å². The molecule has 1 aromatic carbocycles. The van der Waals surface area contributed by atoms with Gasteiger partial charge in [0.25, 0.3) is 11.8 Å². The van der Waals surface area contributed by atoms with E-state index in [0.717, 1.165) is 0 Å². The van der Waals surface area contributed by atoms with Crippen LogP contribution in [0.1, 0.15) is 60.7 Å². The van der Waals surface area contributed by atoms with Gasteiger partial charge in [0.15, 0.2) is 0 Å². The number of rotatable bonds is 4. The molecule has 30 heavy (non-hydrogen) atoms. The van der Waals surface area contributed by atoms with Gasteiger partial charge in [0.1, 0.15) is 5.60 Å². The van der Waals surface area contributed by atoms with Crippen molar-refractivity contribution in [3.8, 4) is 0 Å². The van der Waals surface area contributed by atoms with Gasteiger partial charge < -0.3 is 14.5 Å². The molecule has 0 spiro atoms. The maximum absolute atomic E-state index is 12.6. The number of amides is 4. The summed E-state index contributed by atoms with van der Waals surface area (Å²) in [6, 6.07) is 6.76. The molecule has 2 heterocycles. The van der Waals surface area contributed by atoms with Gasteiger partial charge in [-0.1, -0.05) is 12.1 Å². The monoisotopic (exact) mass is 415 g/mol. The number of hydrogen-bond acceptors (Lipinski definition) is 5. The Morgan fingerprint density at radius 3 is 2.10 bits per heavy atom. The van der Waals surface area contributed by atoms with Gasteiger partial charge in [0.05, 0.1) is 11.1 Å². The van der Waals surface area contributed by atoms with Crippen LogP contribution in [-0.2, 0) is 9.53 Å². The lowest BCUT2D eigenvalue weighted by atomic mass is 10.1. The van der Waals surface area contributed by atoms with Crippen LogP contribution >= 0.6 is 0 Å². The molecule has 4 amide bonds. The zero-order valence-corrected chi connectivity index (χ0v) is 17.8. The van der Waals surface area contributed by atoms with Crippen molar-refractivity contribution < 1.29 is 23.9 Å². The highest BCUT2D eigenvalue weighted by Gasteiger charge is 2.34. The van der Waals surface area contributed by atoms with Crippen molar-refractivity contribution in [3.63, 3.8) is 0 Å². The standard InChI is InChI=1S/C22H29N3O5/c1-22(2,3)30-21(29)24-12-7-11-23(14-15-24)18(26)10-6-13-25-19(27)16-8-4-5-9-17(16)20(25)28/h4-5,8-9H,6-7,10-15H2,1-3H3. The van der Waals surface area contributed by atoms with Gasteiger partial charge in [-0.05, 0) is 45.7 Å². The largest absolute Gasteiger partial charge is 0.444 e. The minimum Gasteiger partial charge on any atom is -0.444 e. The quantitative estimate of drug-likeness (QED) is 0.706. The molecular formula is C22H29N3O5. The number of carbonyl (C=O) groups is 4. The average Bonchev–Trinajstić information content (AvgIpc) is 2.85. The van der Waals surface area contributed by atoms with Crippen LogP contribution in [0.3, 0.4) is 0 Å². The number of carbonyl (C=O) groups excluding carboxylic acids is 4. The molecule has 0 radical (unpaired) electrons. The van der Waals surface area contributed by atoms with Crippen LogP contribution in [0.15, 0.2) is 24.3 Å². The summed E-state index contributed by atoms with van der Waals surface area (Å²) in [7, 11) is 0. The predicted molar refractivity (Wildman–Crippen MR) is 110 cm³/mol. The fourth-order valence-corrected chi connectivity index (χ4v) is 3.66. The highest BCUT2D eigenvalue weighted by atomic mass is 16.6. The Hall–Kier alpha value is -2.90. The van der Waals surface area contributed by atoms with E-state index in [2.05, 4.69) is 0 Å². The summed E-state index contributed by atoms with van der Waals surface area (Å²) in [5.41, 5.74) is 0.287. The van der Waals surface area contributed by atoms with Crippen molar-refractivity contribution in [2.45, 2.75) is 45.6 Å². The Labute approximate surface area is 176 Å². The minimum absolute atomic E-state index is 0.0300. The predicted octanol–water partition coefficient (Wildman–Crippen LogP) is 2.53. The number of benzene rings is 1. The Morgan fingerprint density at radius 1 is 0.933 bits per heavy atom. The van der Waals surface area contributed by atoms with Gasteiger partial charge >= 0.3 is 6.09 Å². The molecule has 162 valence electrons. The molecule has 0 bridgehead atoms. The summed E-state index contributed by atoms with van der Waals surface area (Å²) >= 11 is 0. The maximum atomic E-state index is 12.6. The van der Waals surface area contributed by atoms with Crippen LogP contribution in [0, 0.1) is 0 Å². The lowest BCUT2D eigenvalue weighted by Gasteiger charge is -2.26. The van der Waals surface area contributed by atoms with Gasteiger partial charge in [0, 0.05) is 39.1 Å². The molecular weight excluding hydrogens is 386 g/mol. The van der Waals surface area contributed by atoms with Crippen LogP contribution < -0.4 is 0 Å². The van der Waals surface area contributed by atoms with Crippen molar-refractivity contribution in [3.05, 3.63) is 35.4 Å². The molecule has 0 atom stereocenters. The van der Waals surface area contributed by atoms with Crippen LogP contribution in [-0.4, -0.2) is 76.8 Å². The number of fused-ring (bicyclic) bond motifs is 1. The highest BCUT2D eigenvalue weighted by molar-refractivity contribution is 6.21. The van der Waals surface area contributed by atoms with Gasteiger partial charge in [-0.3, -0.25) is 19.3 Å².